The number of hydrogen-bond donors (Lipinski definition) is 1. The molecule has 0 aliphatic carbocycles. The standard InChI is InChI=1S/C8H8N2O/c1-2-8(11)10-7-5-3-4-6-9-7/h2-6H,1H2,(H,9,10,11). The number of pyridine rings is 1. The first-order chi connectivity index (χ1) is 5.33. The summed E-state index contributed by atoms with van der Waals surface area (Å²) in [5.74, 6) is 0.293. The van der Waals surface area contributed by atoms with E-state index in [-0.39, 0.29) is 5.91 Å². The largest absolute Gasteiger partial charge is 0.307 e. The van der Waals surface area contributed by atoms with Crippen molar-refractivity contribution >= 4 is 11.7 Å². The van der Waals surface area contributed by atoms with Crippen molar-refractivity contribution in [1.82, 2.24) is 4.98 Å². The van der Waals surface area contributed by atoms with E-state index in [1.165, 1.54) is 6.08 Å². The number of rotatable bonds is 2. The van der Waals surface area contributed by atoms with Gasteiger partial charge in [-0.1, -0.05) is 12.6 Å². The first-order valence-corrected chi connectivity index (χ1v) is 3.17. The van der Waals surface area contributed by atoms with Gasteiger partial charge in [0, 0.05) is 6.20 Å². The zero-order valence-corrected chi connectivity index (χ0v) is 5.95. The molecule has 3 heteroatoms. The van der Waals surface area contributed by atoms with Gasteiger partial charge < -0.3 is 5.32 Å². The van der Waals surface area contributed by atoms with E-state index in [2.05, 4.69) is 16.9 Å². The van der Waals surface area contributed by atoms with E-state index in [9.17, 15) is 4.79 Å². The molecule has 0 spiro atoms. The maximum Gasteiger partial charge on any atom is 0.248 e. The number of aromatic nitrogens is 1. The first-order valence-electron chi connectivity index (χ1n) is 3.17. The Morgan fingerprint density at radius 3 is 3.00 bits per heavy atom. The minimum atomic E-state index is -0.247. The highest BCUT2D eigenvalue weighted by Gasteiger charge is 1.94. The lowest BCUT2D eigenvalue weighted by Gasteiger charge is -1.97. The molecule has 0 radical (unpaired) electrons. The first kappa shape index (κ1) is 7.47. The SMILES string of the molecule is C=CC(=O)Nc1ccccn1. The molecular weight excluding hydrogens is 140 g/mol. The molecule has 0 atom stereocenters. The Kier molecular flexibility index (Phi) is 2.38. The fraction of sp³-hybridized carbons (Fsp3) is 0. The maximum absolute atomic E-state index is 10.7. The van der Waals surface area contributed by atoms with Crippen molar-refractivity contribution in [3.8, 4) is 0 Å². The number of nitrogens with one attached hydrogen (secondary N) is 1. The Bertz CT molecular complexity index is 256. The highest BCUT2D eigenvalue weighted by molar-refractivity contribution is 5.98. The lowest BCUT2D eigenvalue weighted by molar-refractivity contribution is -0.111. The predicted octanol–water partition coefficient (Wildman–Crippen LogP) is 1.21. The van der Waals surface area contributed by atoms with Crippen LogP contribution in [0.2, 0.25) is 0 Å². The van der Waals surface area contributed by atoms with Crippen LogP contribution in [0.3, 0.4) is 0 Å². The summed E-state index contributed by atoms with van der Waals surface area (Å²) in [6, 6.07) is 5.29. The van der Waals surface area contributed by atoms with Crippen LogP contribution in [0, 0.1) is 0 Å². The van der Waals surface area contributed by atoms with Crippen LogP contribution in [0.1, 0.15) is 0 Å². The average molecular weight is 148 g/mol. The van der Waals surface area contributed by atoms with Gasteiger partial charge in [0.15, 0.2) is 0 Å². The van der Waals surface area contributed by atoms with E-state index in [0.29, 0.717) is 5.82 Å². The average Bonchev–Trinajstić information content (AvgIpc) is 2.06. The van der Waals surface area contributed by atoms with Gasteiger partial charge in [-0.3, -0.25) is 4.79 Å². The zero-order valence-electron chi connectivity index (χ0n) is 5.95. The van der Waals surface area contributed by atoms with Crippen molar-refractivity contribution in [2.75, 3.05) is 5.32 Å². The van der Waals surface area contributed by atoms with Crippen molar-refractivity contribution in [2.45, 2.75) is 0 Å². The summed E-state index contributed by atoms with van der Waals surface area (Å²) in [6.07, 6.45) is 2.81. The predicted molar refractivity (Wildman–Crippen MR) is 43.1 cm³/mol. The van der Waals surface area contributed by atoms with Crippen molar-refractivity contribution in [3.63, 3.8) is 0 Å². The molecule has 1 N–H and O–H groups in total. The number of amides is 1. The van der Waals surface area contributed by atoms with Crippen LogP contribution in [0.15, 0.2) is 37.1 Å². The van der Waals surface area contributed by atoms with E-state index in [4.69, 9.17) is 0 Å². The molecular formula is C8H8N2O. The normalized spacial score (nSPS) is 8.73. The lowest BCUT2D eigenvalue weighted by Crippen LogP contribution is -2.08. The van der Waals surface area contributed by atoms with Crippen molar-refractivity contribution in [3.05, 3.63) is 37.1 Å². The summed E-state index contributed by atoms with van der Waals surface area (Å²) in [4.78, 5) is 14.6. The van der Waals surface area contributed by atoms with Gasteiger partial charge in [-0.2, -0.15) is 0 Å². The molecule has 0 saturated heterocycles. The quantitative estimate of drug-likeness (QED) is 0.640. The molecule has 0 unspecified atom stereocenters. The fourth-order valence-electron chi connectivity index (χ4n) is 0.614. The van der Waals surface area contributed by atoms with Gasteiger partial charge in [0.25, 0.3) is 0 Å². The third-order valence-corrected chi connectivity index (χ3v) is 1.10. The molecule has 1 aromatic rings. The number of hydrogen-bond acceptors (Lipinski definition) is 2. The molecule has 56 valence electrons. The van der Waals surface area contributed by atoms with Gasteiger partial charge in [0.2, 0.25) is 5.91 Å². The molecule has 1 aromatic heterocycles. The van der Waals surface area contributed by atoms with Crippen LogP contribution in [0.5, 0.6) is 0 Å². The van der Waals surface area contributed by atoms with E-state index in [1.54, 1.807) is 24.4 Å². The molecule has 1 rings (SSSR count). The monoisotopic (exact) mass is 148 g/mol. The third kappa shape index (κ3) is 2.21. The summed E-state index contributed by atoms with van der Waals surface area (Å²) in [6.45, 7) is 3.32. The van der Waals surface area contributed by atoms with Gasteiger partial charge in [-0.15, -0.1) is 0 Å². The van der Waals surface area contributed by atoms with Crippen LogP contribution >= 0.6 is 0 Å². The number of nitrogens with zero attached hydrogens (tertiary/aromatic N) is 1. The van der Waals surface area contributed by atoms with Crippen LogP contribution in [-0.4, -0.2) is 10.9 Å². The van der Waals surface area contributed by atoms with E-state index < -0.39 is 0 Å². The summed E-state index contributed by atoms with van der Waals surface area (Å²) < 4.78 is 0. The molecule has 0 fully saturated rings. The Balaban J connectivity index is 2.65. The molecule has 0 bridgehead atoms. The minimum Gasteiger partial charge on any atom is -0.307 e. The molecule has 3 nitrogen and oxygen atoms in total. The van der Waals surface area contributed by atoms with Gasteiger partial charge in [-0.25, -0.2) is 4.98 Å². The zero-order chi connectivity index (χ0) is 8.10. The van der Waals surface area contributed by atoms with Crippen LogP contribution in [0.25, 0.3) is 0 Å². The summed E-state index contributed by atoms with van der Waals surface area (Å²) in [5, 5.41) is 2.52. The van der Waals surface area contributed by atoms with Gasteiger partial charge >= 0.3 is 0 Å². The number of carbonyl (C=O) groups is 1. The second-order valence-corrected chi connectivity index (χ2v) is 1.91. The summed E-state index contributed by atoms with van der Waals surface area (Å²) >= 11 is 0. The van der Waals surface area contributed by atoms with Gasteiger partial charge in [-0.05, 0) is 18.2 Å². The molecule has 11 heavy (non-hydrogen) atoms. The number of carbonyl (C=O) groups excluding carboxylic acids is 1. The lowest BCUT2D eigenvalue weighted by atomic mass is 10.4. The maximum atomic E-state index is 10.7. The smallest absolute Gasteiger partial charge is 0.248 e. The van der Waals surface area contributed by atoms with E-state index >= 15 is 0 Å². The summed E-state index contributed by atoms with van der Waals surface area (Å²) in [5.41, 5.74) is 0. The van der Waals surface area contributed by atoms with Crippen LogP contribution in [0.4, 0.5) is 5.82 Å². The Hall–Kier alpha value is -1.64. The van der Waals surface area contributed by atoms with Crippen molar-refractivity contribution in [2.24, 2.45) is 0 Å². The molecule has 0 aliphatic rings. The Morgan fingerprint density at radius 2 is 2.45 bits per heavy atom. The molecule has 1 amide bonds. The van der Waals surface area contributed by atoms with Crippen molar-refractivity contribution in [1.29, 1.82) is 0 Å². The van der Waals surface area contributed by atoms with Crippen LogP contribution < -0.4 is 5.32 Å². The minimum absolute atomic E-state index is 0.247. The van der Waals surface area contributed by atoms with Crippen molar-refractivity contribution < 1.29 is 4.79 Å². The molecule has 0 aromatic carbocycles. The van der Waals surface area contributed by atoms with Gasteiger partial charge in [0.05, 0.1) is 0 Å². The molecule has 0 saturated carbocycles. The highest BCUT2D eigenvalue weighted by atomic mass is 16.1. The van der Waals surface area contributed by atoms with Gasteiger partial charge in [0.1, 0.15) is 5.82 Å². The Labute approximate surface area is 64.8 Å². The third-order valence-electron chi connectivity index (χ3n) is 1.10. The highest BCUT2D eigenvalue weighted by Crippen LogP contribution is 1.98. The second-order valence-electron chi connectivity index (χ2n) is 1.91. The topological polar surface area (TPSA) is 42.0 Å². The Morgan fingerprint density at radius 1 is 1.64 bits per heavy atom. The van der Waals surface area contributed by atoms with E-state index in [0.717, 1.165) is 0 Å². The second kappa shape index (κ2) is 3.51. The molecule has 1 heterocycles. The number of anilines is 1. The fourth-order valence-corrected chi connectivity index (χ4v) is 0.614. The van der Waals surface area contributed by atoms with Crippen LogP contribution in [-0.2, 0) is 4.79 Å². The summed E-state index contributed by atoms with van der Waals surface area (Å²) in [7, 11) is 0. The molecule has 0 aliphatic heterocycles. The van der Waals surface area contributed by atoms with E-state index in [1.807, 2.05) is 0 Å².